The molecule has 1 aliphatic rings. The van der Waals surface area contributed by atoms with Crippen LogP contribution in [0, 0.1) is 5.92 Å². The van der Waals surface area contributed by atoms with Crippen molar-refractivity contribution in [3.8, 4) is 0 Å². The number of halogens is 3. The molecule has 18 heavy (non-hydrogen) atoms. The summed E-state index contributed by atoms with van der Waals surface area (Å²) >= 11 is 0. The van der Waals surface area contributed by atoms with Crippen molar-refractivity contribution in [2.45, 2.75) is 32.0 Å². The van der Waals surface area contributed by atoms with Crippen molar-refractivity contribution in [2.75, 3.05) is 0 Å². The highest BCUT2D eigenvalue weighted by Gasteiger charge is 2.32. The van der Waals surface area contributed by atoms with Crippen LogP contribution in [0.3, 0.4) is 0 Å². The Kier molecular flexibility index (Phi) is 3.89. The highest BCUT2D eigenvalue weighted by atomic mass is 19.4. The lowest BCUT2D eigenvalue weighted by Crippen LogP contribution is -2.12. The fraction of sp³-hybridized carbons (Fsp3) is 0.462. The maximum absolute atomic E-state index is 12.6. The molecule has 1 saturated carbocycles. The molecule has 1 aromatic carbocycles. The van der Waals surface area contributed by atoms with Gasteiger partial charge in [0.05, 0.1) is 5.56 Å². The average Bonchev–Trinajstić information content (AvgIpc) is 2.25. The molecule has 1 aromatic rings. The van der Waals surface area contributed by atoms with E-state index in [4.69, 9.17) is 4.84 Å². The van der Waals surface area contributed by atoms with Crippen molar-refractivity contribution in [1.82, 2.24) is 0 Å². The van der Waals surface area contributed by atoms with Gasteiger partial charge in [-0.3, -0.25) is 0 Å². The van der Waals surface area contributed by atoms with Gasteiger partial charge in [-0.2, -0.15) is 13.2 Å². The first-order valence-corrected chi connectivity index (χ1v) is 5.80. The van der Waals surface area contributed by atoms with Crippen LogP contribution in [0.5, 0.6) is 0 Å². The SMILES string of the molecule is FC(F)(F)c1ccccc1CO/N=[C]\C1CCC1. The lowest BCUT2D eigenvalue weighted by atomic mass is 9.87. The number of benzene rings is 1. The van der Waals surface area contributed by atoms with E-state index in [9.17, 15) is 13.2 Å². The molecule has 0 aromatic heterocycles. The molecule has 2 nitrogen and oxygen atoms in total. The fourth-order valence-corrected chi connectivity index (χ4v) is 1.67. The Morgan fingerprint density at radius 2 is 2.00 bits per heavy atom. The van der Waals surface area contributed by atoms with E-state index in [-0.39, 0.29) is 12.2 Å². The maximum atomic E-state index is 12.6. The summed E-state index contributed by atoms with van der Waals surface area (Å²) in [5, 5.41) is 3.59. The minimum atomic E-state index is -4.36. The summed E-state index contributed by atoms with van der Waals surface area (Å²) in [5.41, 5.74) is -0.590. The van der Waals surface area contributed by atoms with E-state index >= 15 is 0 Å². The van der Waals surface area contributed by atoms with Crippen LogP contribution in [0.4, 0.5) is 13.2 Å². The number of alkyl halides is 3. The van der Waals surface area contributed by atoms with E-state index in [2.05, 4.69) is 11.4 Å². The predicted molar refractivity (Wildman–Crippen MR) is 61.0 cm³/mol. The first kappa shape index (κ1) is 12.9. The predicted octanol–water partition coefficient (Wildman–Crippen LogP) is 3.88. The third-order valence-electron chi connectivity index (χ3n) is 2.95. The molecule has 0 aliphatic heterocycles. The third-order valence-corrected chi connectivity index (χ3v) is 2.95. The number of hydrogen-bond donors (Lipinski definition) is 0. The molecule has 0 spiro atoms. The highest BCUT2D eigenvalue weighted by Crippen LogP contribution is 2.32. The molecule has 0 unspecified atom stereocenters. The van der Waals surface area contributed by atoms with Crippen LogP contribution < -0.4 is 0 Å². The topological polar surface area (TPSA) is 21.6 Å². The van der Waals surface area contributed by atoms with Crippen molar-refractivity contribution in [3.05, 3.63) is 35.4 Å². The van der Waals surface area contributed by atoms with Crippen molar-refractivity contribution < 1.29 is 18.0 Å². The van der Waals surface area contributed by atoms with Crippen LogP contribution >= 0.6 is 0 Å². The molecular formula is C13H13F3NO. The van der Waals surface area contributed by atoms with Crippen molar-refractivity contribution >= 4 is 6.21 Å². The maximum Gasteiger partial charge on any atom is 0.416 e. The van der Waals surface area contributed by atoms with Gasteiger partial charge in [0.15, 0.2) is 0 Å². The summed E-state index contributed by atoms with van der Waals surface area (Å²) in [7, 11) is 0. The second-order valence-corrected chi connectivity index (χ2v) is 4.28. The molecule has 0 atom stereocenters. The number of rotatable bonds is 4. The van der Waals surface area contributed by atoms with Crippen LogP contribution in [-0.4, -0.2) is 6.21 Å². The molecule has 1 fully saturated rings. The molecule has 0 amide bonds. The lowest BCUT2D eigenvalue weighted by molar-refractivity contribution is -0.138. The second kappa shape index (κ2) is 5.42. The molecule has 0 N–H and O–H groups in total. The standard InChI is InChI=1S/C13H13F3NO/c14-13(15,16)12-7-2-1-6-11(12)9-18-17-8-10-4-3-5-10/h1-2,6-7,10H,3-5,9H2. The Balaban J connectivity index is 1.94. The van der Waals surface area contributed by atoms with Crippen molar-refractivity contribution in [1.29, 1.82) is 0 Å². The molecule has 97 valence electrons. The van der Waals surface area contributed by atoms with E-state index in [1.165, 1.54) is 12.1 Å². The van der Waals surface area contributed by atoms with Crippen molar-refractivity contribution in [3.63, 3.8) is 0 Å². The number of nitrogens with zero attached hydrogens (tertiary/aromatic N) is 1. The monoisotopic (exact) mass is 256 g/mol. The molecular weight excluding hydrogens is 243 g/mol. The normalized spacial score (nSPS) is 16.8. The summed E-state index contributed by atoms with van der Waals surface area (Å²) in [6, 6.07) is 5.34. The summed E-state index contributed by atoms with van der Waals surface area (Å²) in [6.45, 7) is -0.185. The fourth-order valence-electron chi connectivity index (χ4n) is 1.67. The summed E-state index contributed by atoms with van der Waals surface area (Å²) in [4.78, 5) is 4.88. The zero-order chi connectivity index (χ0) is 13.0. The molecule has 0 saturated heterocycles. The number of hydrogen-bond acceptors (Lipinski definition) is 2. The van der Waals surface area contributed by atoms with Gasteiger partial charge >= 0.3 is 6.18 Å². The molecule has 5 heteroatoms. The molecule has 0 bridgehead atoms. The van der Waals surface area contributed by atoms with Crippen molar-refractivity contribution in [2.24, 2.45) is 11.1 Å². The quantitative estimate of drug-likeness (QED) is 0.591. The highest BCUT2D eigenvalue weighted by molar-refractivity contribution is 5.60. The van der Waals surface area contributed by atoms with Gasteiger partial charge in [0.25, 0.3) is 0 Å². The van der Waals surface area contributed by atoms with Crippen LogP contribution in [0.25, 0.3) is 0 Å². The van der Waals surface area contributed by atoms with Gasteiger partial charge in [0.1, 0.15) is 12.8 Å². The second-order valence-electron chi connectivity index (χ2n) is 4.28. The first-order chi connectivity index (χ1) is 8.57. The minimum absolute atomic E-state index is 0.0872. The molecule has 1 aliphatic carbocycles. The Labute approximate surface area is 103 Å². The minimum Gasteiger partial charge on any atom is -0.391 e. The Hall–Kier alpha value is -1.52. The van der Waals surface area contributed by atoms with Crippen LogP contribution in [0.1, 0.15) is 30.4 Å². The van der Waals surface area contributed by atoms with E-state index in [1.54, 1.807) is 6.07 Å². The van der Waals surface area contributed by atoms with Crippen LogP contribution in [0.15, 0.2) is 29.4 Å². The van der Waals surface area contributed by atoms with Gasteiger partial charge in [-0.25, -0.2) is 0 Å². The van der Waals surface area contributed by atoms with Gasteiger partial charge in [0.2, 0.25) is 0 Å². The van der Waals surface area contributed by atoms with Gasteiger partial charge in [0, 0.05) is 11.5 Å². The van der Waals surface area contributed by atoms with Gasteiger partial charge in [-0.15, -0.1) is 0 Å². The molecule has 1 radical (unpaired) electrons. The summed E-state index contributed by atoms with van der Waals surface area (Å²) in [5.74, 6) is 0.308. The average molecular weight is 256 g/mol. The Morgan fingerprint density at radius 1 is 1.28 bits per heavy atom. The summed E-state index contributed by atoms with van der Waals surface area (Å²) < 4.78 is 37.9. The van der Waals surface area contributed by atoms with Crippen LogP contribution in [-0.2, 0) is 17.6 Å². The first-order valence-electron chi connectivity index (χ1n) is 5.80. The smallest absolute Gasteiger partial charge is 0.391 e. The lowest BCUT2D eigenvalue weighted by Gasteiger charge is -2.19. The zero-order valence-electron chi connectivity index (χ0n) is 9.70. The van der Waals surface area contributed by atoms with Gasteiger partial charge < -0.3 is 4.84 Å². The molecule has 2 rings (SSSR count). The Morgan fingerprint density at radius 3 is 2.61 bits per heavy atom. The van der Waals surface area contributed by atoms with E-state index in [0.717, 1.165) is 25.3 Å². The van der Waals surface area contributed by atoms with E-state index in [0.29, 0.717) is 5.92 Å². The zero-order valence-corrected chi connectivity index (χ0v) is 9.70. The molecule has 0 heterocycles. The van der Waals surface area contributed by atoms with Crippen LogP contribution in [0.2, 0.25) is 0 Å². The third kappa shape index (κ3) is 3.24. The van der Waals surface area contributed by atoms with E-state index < -0.39 is 11.7 Å². The van der Waals surface area contributed by atoms with Gasteiger partial charge in [-0.1, -0.05) is 29.8 Å². The Bertz CT molecular complexity index is 424. The summed E-state index contributed by atoms with van der Waals surface area (Å²) in [6.07, 6.45) is 1.63. The van der Waals surface area contributed by atoms with E-state index in [1.807, 2.05) is 0 Å². The largest absolute Gasteiger partial charge is 0.416 e. The van der Waals surface area contributed by atoms with Gasteiger partial charge in [-0.05, 0) is 18.9 Å².